The number of hydrogen-bond acceptors (Lipinski definition) is 2. The monoisotopic (exact) mass is 207 g/mol. The van der Waals surface area contributed by atoms with E-state index >= 15 is 0 Å². The lowest BCUT2D eigenvalue weighted by Gasteiger charge is -2.13. The molecule has 0 spiro atoms. The lowest BCUT2D eigenvalue weighted by molar-refractivity contribution is 0.513. The summed E-state index contributed by atoms with van der Waals surface area (Å²) < 4.78 is 2.05. The summed E-state index contributed by atoms with van der Waals surface area (Å²) in [6.07, 6.45) is 9.46. The topological polar surface area (TPSA) is 29.9 Å². The molecule has 1 aliphatic rings. The highest BCUT2D eigenvalue weighted by Gasteiger charge is 2.25. The molecule has 1 aromatic rings. The highest BCUT2D eigenvalue weighted by Crippen LogP contribution is 2.37. The predicted molar refractivity (Wildman–Crippen MR) is 61.7 cm³/mol. The molecule has 3 heteroatoms. The van der Waals surface area contributed by atoms with E-state index in [1.165, 1.54) is 24.8 Å². The largest absolute Gasteiger partial charge is 0.313 e. The van der Waals surface area contributed by atoms with Gasteiger partial charge in [0.2, 0.25) is 0 Å². The second-order valence-electron chi connectivity index (χ2n) is 4.56. The molecule has 0 aliphatic heterocycles. The number of hydrogen-bond donors (Lipinski definition) is 1. The van der Waals surface area contributed by atoms with E-state index in [0.29, 0.717) is 6.04 Å². The van der Waals surface area contributed by atoms with Crippen LogP contribution in [0, 0.1) is 5.92 Å². The fraction of sp³-hybridized carbons (Fsp3) is 0.750. The third kappa shape index (κ3) is 2.81. The van der Waals surface area contributed by atoms with E-state index in [0.717, 1.165) is 18.9 Å². The maximum atomic E-state index is 4.38. The van der Waals surface area contributed by atoms with Crippen LogP contribution in [0.1, 0.15) is 44.2 Å². The molecule has 1 atom stereocenters. The van der Waals surface area contributed by atoms with Gasteiger partial charge < -0.3 is 5.32 Å². The number of nitrogens with zero attached hydrogens (tertiary/aromatic N) is 2. The molecule has 1 saturated carbocycles. The summed E-state index contributed by atoms with van der Waals surface area (Å²) in [5.74, 6) is 0.956. The minimum absolute atomic E-state index is 0.503. The molecular weight excluding hydrogens is 186 g/mol. The van der Waals surface area contributed by atoms with Crippen molar-refractivity contribution in [3.05, 3.63) is 18.0 Å². The average molecular weight is 207 g/mol. The first kappa shape index (κ1) is 10.7. The summed E-state index contributed by atoms with van der Waals surface area (Å²) in [5.41, 5.74) is 1.35. The Morgan fingerprint density at radius 1 is 1.60 bits per heavy atom. The zero-order valence-corrected chi connectivity index (χ0v) is 9.74. The summed E-state index contributed by atoms with van der Waals surface area (Å²) in [6, 6.07) is 0.503. The first-order valence-corrected chi connectivity index (χ1v) is 6.03. The van der Waals surface area contributed by atoms with Gasteiger partial charge in [0.25, 0.3) is 0 Å². The minimum Gasteiger partial charge on any atom is -0.313 e. The Bertz CT molecular complexity index is 302. The third-order valence-electron chi connectivity index (χ3n) is 3.12. The highest BCUT2D eigenvalue weighted by molar-refractivity contribution is 5.11. The fourth-order valence-corrected chi connectivity index (χ4v) is 2.02. The summed E-state index contributed by atoms with van der Waals surface area (Å²) >= 11 is 0. The Kier molecular flexibility index (Phi) is 3.41. The molecular formula is C12H21N3. The Balaban J connectivity index is 1.97. The van der Waals surface area contributed by atoms with Crippen LogP contribution >= 0.6 is 0 Å². The van der Waals surface area contributed by atoms with Crippen LogP contribution in [-0.2, 0) is 6.54 Å². The van der Waals surface area contributed by atoms with Gasteiger partial charge in [-0.3, -0.25) is 4.68 Å². The SMILES string of the molecule is CCCn1cc(C(CC2CC2)NC)cn1. The number of aromatic nitrogens is 2. The van der Waals surface area contributed by atoms with E-state index in [1.54, 1.807) is 0 Å². The van der Waals surface area contributed by atoms with Crippen LogP contribution in [0.25, 0.3) is 0 Å². The third-order valence-corrected chi connectivity index (χ3v) is 3.12. The molecule has 1 aromatic heterocycles. The standard InChI is InChI=1S/C12H21N3/c1-3-6-15-9-11(8-14-15)12(13-2)7-10-4-5-10/h8-10,12-13H,3-7H2,1-2H3. The summed E-state index contributed by atoms with van der Waals surface area (Å²) in [7, 11) is 2.05. The van der Waals surface area contributed by atoms with Crippen molar-refractivity contribution in [3.8, 4) is 0 Å². The minimum atomic E-state index is 0.503. The Morgan fingerprint density at radius 2 is 2.40 bits per heavy atom. The van der Waals surface area contributed by atoms with E-state index in [2.05, 4.69) is 23.5 Å². The van der Waals surface area contributed by atoms with Crippen molar-refractivity contribution < 1.29 is 0 Å². The van der Waals surface area contributed by atoms with Crippen molar-refractivity contribution in [2.75, 3.05) is 7.05 Å². The van der Waals surface area contributed by atoms with Crippen molar-refractivity contribution in [1.29, 1.82) is 0 Å². The molecule has 3 nitrogen and oxygen atoms in total. The van der Waals surface area contributed by atoms with Crippen LogP contribution in [0.15, 0.2) is 12.4 Å². The zero-order chi connectivity index (χ0) is 10.7. The van der Waals surface area contributed by atoms with Gasteiger partial charge in [0.15, 0.2) is 0 Å². The van der Waals surface area contributed by atoms with E-state index < -0.39 is 0 Å². The molecule has 1 N–H and O–H groups in total. The van der Waals surface area contributed by atoms with E-state index in [-0.39, 0.29) is 0 Å². The van der Waals surface area contributed by atoms with Gasteiger partial charge in [-0.05, 0) is 25.8 Å². The maximum Gasteiger partial charge on any atom is 0.0537 e. The van der Waals surface area contributed by atoms with Crippen molar-refractivity contribution in [2.45, 2.75) is 45.2 Å². The lowest BCUT2D eigenvalue weighted by Crippen LogP contribution is -2.16. The molecule has 0 saturated heterocycles. The Labute approximate surface area is 91.9 Å². The van der Waals surface area contributed by atoms with Gasteiger partial charge in [-0.2, -0.15) is 5.10 Å². The average Bonchev–Trinajstić information content (AvgIpc) is 2.95. The van der Waals surface area contributed by atoms with E-state index in [4.69, 9.17) is 0 Å². The first-order valence-electron chi connectivity index (χ1n) is 6.03. The molecule has 0 radical (unpaired) electrons. The molecule has 15 heavy (non-hydrogen) atoms. The molecule has 2 rings (SSSR count). The van der Waals surface area contributed by atoms with Gasteiger partial charge >= 0.3 is 0 Å². The molecule has 0 aromatic carbocycles. The Morgan fingerprint density at radius 3 is 3.00 bits per heavy atom. The molecule has 1 aliphatic carbocycles. The molecule has 0 amide bonds. The highest BCUT2D eigenvalue weighted by atomic mass is 15.3. The summed E-state index contributed by atoms with van der Waals surface area (Å²) in [4.78, 5) is 0. The first-order chi connectivity index (χ1) is 7.33. The fourth-order valence-electron chi connectivity index (χ4n) is 2.02. The molecule has 0 bridgehead atoms. The van der Waals surface area contributed by atoms with Crippen molar-refractivity contribution in [2.24, 2.45) is 5.92 Å². The normalized spacial score (nSPS) is 18.0. The van der Waals surface area contributed by atoms with Gasteiger partial charge in [0, 0.05) is 24.3 Å². The second-order valence-corrected chi connectivity index (χ2v) is 4.56. The van der Waals surface area contributed by atoms with Crippen LogP contribution in [-0.4, -0.2) is 16.8 Å². The van der Waals surface area contributed by atoms with Crippen LogP contribution in [0.5, 0.6) is 0 Å². The van der Waals surface area contributed by atoms with Crippen molar-refractivity contribution in [1.82, 2.24) is 15.1 Å². The number of aryl methyl sites for hydroxylation is 1. The van der Waals surface area contributed by atoms with Crippen LogP contribution < -0.4 is 5.32 Å². The number of rotatable bonds is 6. The van der Waals surface area contributed by atoms with E-state index in [9.17, 15) is 0 Å². The molecule has 1 fully saturated rings. The van der Waals surface area contributed by atoms with Crippen LogP contribution in [0.3, 0.4) is 0 Å². The van der Waals surface area contributed by atoms with Gasteiger partial charge in [-0.1, -0.05) is 19.8 Å². The lowest BCUT2D eigenvalue weighted by atomic mass is 10.1. The van der Waals surface area contributed by atoms with Gasteiger partial charge in [-0.25, -0.2) is 0 Å². The Hall–Kier alpha value is -0.830. The van der Waals surface area contributed by atoms with Crippen LogP contribution in [0.4, 0.5) is 0 Å². The zero-order valence-electron chi connectivity index (χ0n) is 9.74. The molecule has 1 heterocycles. The number of nitrogens with one attached hydrogen (secondary N) is 1. The van der Waals surface area contributed by atoms with E-state index in [1.807, 2.05) is 17.9 Å². The second kappa shape index (κ2) is 4.79. The quantitative estimate of drug-likeness (QED) is 0.776. The van der Waals surface area contributed by atoms with Gasteiger partial charge in [0.05, 0.1) is 6.20 Å². The smallest absolute Gasteiger partial charge is 0.0537 e. The van der Waals surface area contributed by atoms with Crippen molar-refractivity contribution >= 4 is 0 Å². The molecule has 84 valence electrons. The molecule has 1 unspecified atom stereocenters. The van der Waals surface area contributed by atoms with Crippen molar-refractivity contribution in [3.63, 3.8) is 0 Å². The predicted octanol–water partition coefficient (Wildman–Crippen LogP) is 2.35. The van der Waals surface area contributed by atoms with Gasteiger partial charge in [-0.15, -0.1) is 0 Å². The van der Waals surface area contributed by atoms with Crippen LogP contribution in [0.2, 0.25) is 0 Å². The summed E-state index contributed by atoms with van der Waals surface area (Å²) in [6.45, 7) is 3.21. The maximum absolute atomic E-state index is 4.38. The van der Waals surface area contributed by atoms with Gasteiger partial charge in [0.1, 0.15) is 0 Å². The summed E-state index contributed by atoms with van der Waals surface area (Å²) in [5, 5.41) is 7.77.